The molecule has 1 fully saturated rings. The molecule has 0 aromatic heterocycles. The van der Waals surface area contributed by atoms with E-state index in [0.717, 1.165) is 0 Å². The first-order valence-electron chi connectivity index (χ1n) is 3.94. The van der Waals surface area contributed by atoms with Gasteiger partial charge in [-0.15, -0.1) is 0 Å². The normalized spacial score (nSPS) is 25.9. The fraction of sp³-hybridized carbons (Fsp3) is 0.714. The summed E-state index contributed by atoms with van der Waals surface area (Å²) in [5.74, 6) is -4.51. The number of alkyl halides is 2. The first-order valence-corrected chi connectivity index (χ1v) is 3.94. The summed E-state index contributed by atoms with van der Waals surface area (Å²) >= 11 is 0. The molecular formula is C7H9F2NO4. The fourth-order valence-corrected chi connectivity index (χ4v) is 1.40. The van der Waals surface area contributed by atoms with E-state index in [-0.39, 0.29) is 11.3 Å². The van der Waals surface area contributed by atoms with Gasteiger partial charge in [-0.1, -0.05) is 0 Å². The third-order valence-corrected chi connectivity index (χ3v) is 2.09. The van der Waals surface area contributed by atoms with E-state index in [9.17, 15) is 18.4 Å². The summed E-state index contributed by atoms with van der Waals surface area (Å²) in [6.45, 7) is -1.04. The van der Waals surface area contributed by atoms with E-state index in [4.69, 9.17) is 10.2 Å². The van der Waals surface area contributed by atoms with Crippen molar-refractivity contribution >= 4 is 12.1 Å². The lowest BCUT2D eigenvalue weighted by molar-refractivity contribution is -0.149. The van der Waals surface area contributed by atoms with Crippen LogP contribution in [0, 0.1) is 0 Å². The predicted molar refractivity (Wildman–Crippen MR) is 40.3 cm³/mol. The van der Waals surface area contributed by atoms with Crippen LogP contribution in [0.25, 0.3) is 0 Å². The minimum absolute atomic E-state index is 0.270. The van der Waals surface area contributed by atoms with Crippen molar-refractivity contribution in [3.05, 3.63) is 0 Å². The molecule has 1 aliphatic heterocycles. The van der Waals surface area contributed by atoms with Gasteiger partial charge in [0.1, 0.15) is 6.04 Å². The van der Waals surface area contributed by atoms with Gasteiger partial charge >= 0.3 is 12.1 Å². The predicted octanol–water partition coefficient (Wildman–Crippen LogP) is 0.849. The maximum Gasteiger partial charge on any atom is 0.408 e. The van der Waals surface area contributed by atoms with Crippen LogP contribution in [-0.2, 0) is 4.79 Å². The van der Waals surface area contributed by atoms with E-state index < -0.39 is 37.0 Å². The largest absolute Gasteiger partial charge is 0.480 e. The number of hydrogen-bond donors (Lipinski definition) is 2. The molecule has 1 aliphatic rings. The monoisotopic (exact) mass is 209 g/mol. The maximum absolute atomic E-state index is 12.8. The van der Waals surface area contributed by atoms with Crippen LogP contribution in [0.1, 0.15) is 12.8 Å². The summed E-state index contributed by atoms with van der Waals surface area (Å²) in [7, 11) is 0. The van der Waals surface area contributed by atoms with E-state index >= 15 is 0 Å². The lowest BCUT2D eigenvalue weighted by atomic mass is 10.00. The first-order chi connectivity index (χ1) is 6.33. The van der Waals surface area contributed by atoms with E-state index in [1.165, 1.54) is 0 Å². The third-order valence-electron chi connectivity index (χ3n) is 2.09. The Labute approximate surface area is 77.9 Å². The average Bonchev–Trinajstić information content (AvgIpc) is 2.01. The standard InChI is InChI=1S/C7H9F2NO4/c8-7(9)2-1-4(5(11)12)10(3-7)6(13)14/h4H,1-3H2,(H,11,12)(H,13,14). The Kier molecular flexibility index (Phi) is 2.59. The van der Waals surface area contributed by atoms with Gasteiger partial charge in [-0.25, -0.2) is 18.4 Å². The zero-order chi connectivity index (χ0) is 10.9. The summed E-state index contributed by atoms with van der Waals surface area (Å²) in [5, 5.41) is 17.1. The lowest BCUT2D eigenvalue weighted by Gasteiger charge is -2.35. The van der Waals surface area contributed by atoms with Crippen molar-refractivity contribution in [2.75, 3.05) is 6.54 Å². The second kappa shape index (κ2) is 3.39. The highest BCUT2D eigenvalue weighted by molar-refractivity contribution is 5.79. The molecule has 1 heterocycles. The van der Waals surface area contributed by atoms with Crippen molar-refractivity contribution < 1.29 is 28.6 Å². The van der Waals surface area contributed by atoms with Crippen molar-refractivity contribution in [2.45, 2.75) is 24.8 Å². The SMILES string of the molecule is O=C(O)C1CCC(F)(F)CN1C(=O)O. The van der Waals surface area contributed by atoms with E-state index in [1.54, 1.807) is 0 Å². The molecule has 5 nitrogen and oxygen atoms in total. The third kappa shape index (κ3) is 2.09. The lowest BCUT2D eigenvalue weighted by Crippen LogP contribution is -2.54. The van der Waals surface area contributed by atoms with E-state index in [2.05, 4.69) is 0 Å². The Morgan fingerprint density at radius 2 is 1.93 bits per heavy atom. The number of piperidine rings is 1. The quantitative estimate of drug-likeness (QED) is 0.671. The van der Waals surface area contributed by atoms with Gasteiger partial charge in [0.15, 0.2) is 0 Å². The van der Waals surface area contributed by atoms with Crippen LogP contribution < -0.4 is 0 Å². The Bertz CT molecular complexity index is 268. The van der Waals surface area contributed by atoms with Gasteiger partial charge in [0.2, 0.25) is 0 Å². The molecule has 0 saturated carbocycles. The molecule has 0 bridgehead atoms. The number of amides is 1. The van der Waals surface area contributed by atoms with Crippen molar-refractivity contribution in [1.82, 2.24) is 4.90 Å². The van der Waals surface area contributed by atoms with Gasteiger partial charge in [-0.3, -0.25) is 4.90 Å². The van der Waals surface area contributed by atoms with E-state index in [0.29, 0.717) is 0 Å². The zero-order valence-corrected chi connectivity index (χ0v) is 7.11. The molecule has 1 atom stereocenters. The summed E-state index contributed by atoms with van der Waals surface area (Å²) in [6, 6.07) is -1.35. The van der Waals surface area contributed by atoms with Crippen molar-refractivity contribution in [1.29, 1.82) is 0 Å². The van der Waals surface area contributed by atoms with E-state index in [1.807, 2.05) is 0 Å². The smallest absolute Gasteiger partial charge is 0.408 e. The van der Waals surface area contributed by atoms with Crippen LogP contribution in [0.5, 0.6) is 0 Å². The summed E-state index contributed by atoms with van der Waals surface area (Å²) in [6.07, 6.45) is -2.57. The number of carbonyl (C=O) groups is 2. The summed E-state index contributed by atoms with van der Waals surface area (Å²) < 4.78 is 25.5. The van der Waals surface area contributed by atoms with Crippen LogP contribution in [0.2, 0.25) is 0 Å². The Morgan fingerprint density at radius 1 is 1.36 bits per heavy atom. The first kappa shape index (κ1) is 10.7. The van der Waals surface area contributed by atoms with Gasteiger partial charge in [0, 0.05) is 6.42 Å². The van der Waals surface area contributed by atoms with Gasteiger partial charge in [0.25, 0.3) is 5.92 Å². The Hall–Kier alpha value is -1.40. The van der Waals surface area contributed by atoms with Crippen molar-refractivity contribution in [3.63, 3.8) is 0 Å². The van der Waals surface area contributed by atoms with Crippen LogP contribution in [0.4, 0.5) is 13.6 Å². The molecule has 0 aromatic carbocycles. The number of rotatable bonds is 1. The molecule has 0 spiro atoms. The number of carboxylic acids is 1. The molecule has 0 aliphatic carbocycles. The molecule has 1 unspecified atom stereocenters. The highest BCUT2D eigenvalue weighted by atomic mass is 19.3. The van der Waals surface area contributed by atoms with Crippen LogP contribution in [0.15, 0.2) is 0 Å². The average molecular weight is 209 g/mol. The molecule has 1 rings (SSSR count). The molecule has 1 saturated heterocycles. The molecule has 0 aromatic rings. The number of likely N-dealkylation sites (tertiary alicyclic amines) is 1. The minimum Gasteiger partial charge on any atom is -0.480 e. The molecule has 2 N–H and O–H groups in total. The number of hydrogen-bond acceptors (Lipinski definition) is 2. The number of halogens is 2. The molecule has 0 radical (unpaired) electrons. The van der Waals surface area contributed by atoms with Crippen molar-refractivity contribution in [2.24, 2.45) is 0 Å². The van der Waals surface area contributed by atoms with Gasteiger partial charge < -0.3 is 10.2 Å². The molecule has 14 heavy (non-hydrogen) atoms. The molecule has 80 valence electrons. The fourth-order valence-electron chi connectivity index (χ4n) is 1.40. The number of aliphatic carboxylic acids is 1. The number of nitrogens with zero attached hydrogens (tertiary/aromatic N) is 1. The minimum atomic E-state index is -3.12. The molecule has 7 heteroatoms. The number of carboxylic acid groups (broad SMARTS) is 2. The molecule has 1 amide bonds. The summed E-state index contributed by atoms with van der Waals surface area (Å²) in [4.78, 5) is 21.3. The maximum atomic E-state index is 12.8. The van der Waals surface area contributed by atoms with Gasteiger partial charge in [-0.2, -0.15) is 0 Å². The highest BCUT2D eigenvalue weighted by Crippen LogP contribution is 2.30. The van der Waals surface area contributed by atoms with Gasteiger partial charge in [-0.05, 0) is 6.42 Å². The van der Waals surface area contributed by atoms with Crippen LogP contribution >= 0.6 is 0 Å². The second-order valence-corrected chi connectivity index (χ2v) is 3.16. The summed E-state index contributed by atoms with van der Waals surface area (Å²) in [5.41, 5.74) is 0. The zero-order valence-electron chi connectivity index (χ0n) is 7.11. The van der Waals surface area contributed by atoms with Crippen molar-refractivity contribution in [3.8, 4) is 0 Å². The highest BCUT2D eigenvalue weighted by Gasteiger charge is 2.44. The van der Waals surface area contributed by atoms with Crippen LogP contribution in [0.3, 0.4) is 0 Å². The van der Waals surface area contributed by atoms with Gasteiger partial charge in [0.05, 0.1) is 6.54 Å². The molecular weight excluding hydrogens is 200 g/mol. The second-order valence-electron chi connectivity index (χ2n) is 3.16. The van der Waals surface area contributed by atoms with Crippen LogP contribution in [-0.4, -0.2) is 45.7 Å². The Balaban J connectivity index is 2.81. The topological polar surface area (TPSA) is 77.8 Å². The Morgan fingerprint density at radius 3 is 2.36 bits per heavy atom.